The molecule has 76 valence electrons. The SMILES string of the molecule is C=Cc1nc2ccc(C(=O)OC)cc2s1. The second-order valence-corrected chi connectivity index (χ2v) is 3.99. The van der Waals surface area contributed by atoms with Gasteiger partial charge in [0.1, 0.15) is 5.01 Å². The van der Waals surface area contributed by atoms with E-state index < -0.39 is 0 Å². The molecule has 0 bridgehead atoms. The Morgan fingerprint density at radius 1 is 1.60 bits per heavy atom. The molecule has 1 aromatic carbocycles. The minimum atomic E-state index is -0.328. The fourth-order valence-corrected chi connectivity index (χ4v) is 2.13. The molecule has 0 saturated heterocycles. The van der Waals surface area contributed by atoms with Gasteiger partial charge in [0, 0.05) is 0 Å². The van der Waals surface area contributed by atoms with Crippen LogP contribution in [0.2, 0.25) is 0 Å². The van der Waals surface area contributed by atoms with Crippen molar-refractivity contribution in [3.05, 3.63) is 35.3 Å². The van der Waals surface area contributed by atoms with Gasteiger partial charge in [0.15, 0.2) is 0 Å². The predicted molar refractivity (Wildman–Crippen MR) is 61.1 cm³/mol. The van der Waals surface area contributed by atoms with Gasteiger partial charge in [0.25, 0.3) is 0 Å². The lowest BCUT2D eigenvalue weighted by Crippen LogP contribution is -1.99. The molecule has 0 fully saturated rings. The van der Waals surface area contributed by atoms with Gasteiger partial charge in [0.2, 0.25) is 0 Å². The number of thiazole rings is 1. The lowest BCUT2D eigenvalue weighted by Gasteiger charge is -1.97. The molecule has 2 aromatic rings. The zero-order valence-corrected chi connectivity index (χ0v) is 9.00. The summed E-state index contributed by atoms with van der Waals surface area (Å²) in [6.45, 7) is 3.66. The van der Waals surface area contributed by atoms with E-state index in [1.54, 1.807) is 18.2 Å². The second-order valence-electron chi connectivity index (χ2n) is 2.93. The number of benzene rings is 1. The van der Waals surface area contributed by atoms with E-state index >= 15 is 0 Å². The van der Waals surface area contributed by atoms with Gasteiger partial charge in [0.05, 0.1) is 22.9 Å². The number of carbonyl (C=O) groups excluding carboxylic acids is 1. The van der Waals surface area contributed by atoms with E-state index in [1.807, 2.05) is 6.07 Å². The monoisotopic (exact) mass is 219 g/mol. The third-order valence-electron chi connectivity index (χ3n) is 2.00. The van der Waals surface area contributed by atoms with Crippen LogP contribution in [0.25, 0.3) is 16.3 Å². The van der Waals surface area contributed by atoms with Crippen LogP contribution in [0.4, 0.5) is 0 Å². The van der Waals surface area contributed by atoms with Crippen molar-refractivity contribution < 1.29 is 9.53 Å². The molecule has 0 atom stereocenters. The maximum absolute atomic E-state index is 11.3. The first-order chi connectivity index (χ1) is 7.24. The maximum atomic E-state index is 11.3. The van der Waals surface area contributed by atoms with Crippen molar-refractivity contribution in [2.45, 2.75) is 0 Å². The molecule has 2 rings (SSSR count). The smallest absolute Gasteiger partial charge is 0.337 e. The van der Waals surface area contributed by atoms with Crippen LogP contribution in [0.5, 0.6) is 0 Å². The second kappa shape index (κ2) is 3.82. The highest BCUT2D eigenvalue weighted by molar-refractivity contribution is 7.19. The van der Waals surface area contributed by atoms with Gasteiger partial charge in [-0.1, -0.05) is 6.58 Å². The van der Waals surface area contributed by atoms with E-state index in [9.17, 15) is 4.79 Å². The van der Waals surface area contributed by atoms with Crippen molar-refractivity contribution in [1.29, 1.82) is 0 Å². The summed E-state index contributed by atoms with van der Waals surface area (Å²) in [7, 11) is 1.37. The molecule has 0 radical (unpaired) electrons. The lowest BCUT2D eigenvalue weighted by molar-refractivity contribution is 0.0601. The molecule has 15 heavy (non-hydrogen) atoms. The summed E-state index contributed by atoms with van der Waals surface area (Å²) >= 11 is 1.50. The Kier molecular flexibility index (Phi) is 2.51. The molecular weight excluding hydrogens is 210 g/mol. The number of fused-ring (bicyclic) bond motifs is 1. The fourth-order valence-electron chi connectivity index (χ4n) is 1.27. The summed E-state index contributed by atoms with van der Waals surface area (Å²) < 4.78 is 5.61. The molecule has 0 saturated carbocycles. The van der Waals surface area contributed by atoms with E-state index in [0.717, 1.165) is 15.2 Å². The predicted octanol–water partition coefficient (Wildman–Crippen LogP) is 2.73. The van der Waals surface area contributed by atoms with Crippen LogP contribution in [-0.2, 0) is 4.74 Å². The summed E-state index contributed by atoms with van der Waals surface area (Å²) in [5.74, 6) is -0.328. The number of methoxy groups -OCH3 is 1. The van der Waals surface area contributed by atoms with Gasteiger partial charge in [-0.15, -0.1) is 11.3 Å². The summed E-state index contributed by atoms with van der Waals surface area (Å²) in [6, 6.07) is 5.30. The molecule has 1 heterocycles. The molecule has 3 nitrogen and oxygen atoms in total. The van der Waals surface area contributed by atoms with Crippen molar-refractivity contribution in [2.24, 2.45) is 0 Å². The molecule has 1 aromatic heterocycles. The van der Waals surface area contributed by atoms with Crippen LogP contribution < -0.4 is 0 Å². The normalized spacial score (nSPS) is 10.2. The number of hydrogen-bond acceptors (Lipinski definition) is 4. The molecular formula is C11H9NO2S. The summed E-state index contributed by atoms with van der Waals surface area (Å²) in [5, 5.41) is 0.854. The minimum Gasteiger partial charge on any atom is -0.465 e. The highest BCUT2D eigenvalue weighted by atomic mass is 32.1. The Hall–Kier alpha value is -1.68. The Balaban J connectivity index is 2.55. The number of esters is 1. The van der Waals surface area contributed by atoms with Crippen molar-refractivity contribution >= 4 is 33.6 Å². The van der Waals surface area contributed by atoms with Gasteiger partial charge < -0.3 is 4.74 Å². The first-order valence-electron chi connectivity index (χ1n) is 4.36. The number of hydrogen-bond donors (Lipinski definition) is 0. The van der Waals surface area contributed by atoms with Crippen LogP contribution in [0, 0.1) is 0 Å². The van der Waals surface area contributed by atoms with Gasteiger partial charge in [-0.25, -0.2) is 9.78 Å². The molecule has 0 aliphatic carbocycles. The average Bonchev–Trinajstić information content (AvgIpc) is 2.69. The highest BCUT2D eigenvalue weighted by Gasteiger charge is 2.08. The van der Waals surface area contributed by atoms with Gasteiger partial charge in [-0.2, -0.15) is 0 Å². The third kappa shape index (κ3) is 1.76. The molecule has 0 aliphatic heterocycles. The van der Waals surface area contributed by atoms with Gasteiger partial charge in [-0.3, -0.25) is 0 Å². The van der Waals surface area contributed by atoms with E-state index in [2.05, 4.69) is 16.3 Å². The standard InChI is InChI=1S/C11H9NO2S/c1-3-10-12-8-5-4-7(11(13)14-2)6-9(8)15-10/h3-6H,1H2,2H3. The number of ether oxygens (including phenoxy) is 1. The molecule has 0 spiro atoms. The zero-order valence-electron chi connectivity index (χ0n) is 8.19. The summed E-state index contributed by atoms with van der Waals surface area (Å²) in [6.07, 6.45) is 1.70. The Morgan fingerprint density at radius 2 is 2.40 bits per heavy atom. The van der Waals surface area contributed by atoms with Crippen molar-refractivity contribution in [1.82, 2.24) is 4.98 Å². The molecule has 0 unspecified atom stereocenters. The van der Waals surface area contributed by atoms with E-state index in [0.29, 0.717) is 5.56 Å². The first-order valence-corrected chi connectivity index (χ1v) is 5.17. The molecule has 0 amide bonds. The topological polar surface area (TPSA) is 39.2 Å². The Bertz CT molecular complexity index is 530. The molecule has 0 N–H and O–H groups in total. The van der Waals surface area contributed by atoms with Crippen molar-refractivity contribution in [3.63, 3.8) is 0 Å². The highest BCUT2D eigenvalue weighted by Crippen LogP contribution is 2.24. The summed E-state index contributed by atoms with van der Waals surface area (Å²) in [4.78, 5) is 15.6. The first kappa shape index (κ1) is 9.86. The quantitative estimate of drug-likeness (QED) is 0.729. The van der Waals surface area contributed by atoms with Crippen LogP contribution in [0.3, 0.4) is 0 Å². The largest absolute Gasteiger partial charge is 0.465 e. The van der Waals surface area contributed by atoms with E-state index in [4.69, 9.17) is 0 Å². The Morgan fingerprint density at radius 3 is 3.07 bits per heavy atom. The zero-order chi connectivity index (χ0) is 10.8. The lowest BCUT2D eigenvalue weighted by atomic mass is 10.2. The van der Waals surface area contributed by atoms with Gasteiger partial charge in [-0.05, 0) is 24.3 Å². The Labute approximate surface area is 91.0 Å². The fraction of sp³-hybridized carbons (Fsp3) is 0.0909. The van der Waals surface area contributed by atoms with Crippen LogP contribution >= 0.6 is 11.3 Å². The molecule has 0 aliphatic rings. The average molecular weight is 219 g/mol. The third-order valence-corrected chi connectivity index (χ3v) is 3.01. The van der Waals surface area contributed by atoms with Crippen molar-refractivity contribution in [2.75, 3.05) is 7.11 Å². The van der Waals surface area contributed by atoms with E-state index in [-0.39, 0.29) is 5.97 Å². The number of rotatable bonds is 2. The van der Waals surface area contributed by atoms with Crippen LogP contribution in [0.1, 0.15) is 15.4 Å². The molecule has 4 heteroatoms. The summed E-state index contributed by atoms with van der Waals surface area (Å²) in [5.41, 5.74) is 1.42. The van der Waals surface area contributed by atoms with Crippen LogP contribution in [-0.4, -0.2) is 18.1 Å². The van der Waals surface area contributed by atoms with E-state index in [1.165, 1.54) is 18.4 Å². The van der Waals surface area contributed by atoms with Crippen LogP contribution in [0.15, 0.2) is 24.8 Å². The minimum absolute atomic E-state index is 0.328. The van der Waals surface area contributed by atoms with Gasteiger partial charge >= 0.3 is 5.97 Å². The number of carbonyl (C=O) groups is 1. The van der Waals surface area contributed by atoms with Crippen molar-refractivity contribution in [3.8, 4) is 0 Å². The number of nitrogens with zero attached hydrogens (tertiary/aromatic N) is 1. The maximum Gasteiger partial charge on any atom is 0.337 e. The number of aromatic nitrogens is 1.